The molecular weight excluding hydrogens is 310 g/mol. The minimum atomic E-state index is -0.417. The first-order chi connectivity index (χ1) is 12.1. The smallest absolute Gasteiger partial charge is 0.123 e. The van der Waals surface area contributed by atoms with E-state index in [1.807, 2.05) is 0 Å². The van der Waals surface area contributed by atoms with Crippen LogP contribution in [0.1, 0.15) is 44.1 Å². The fourth-order valence-electron chi connectivity index (χ4n) is 6.39. The van der Waals surface area contributed by atoms with Crippen molar-refractivity contribution in [2.75, 3.05) is 7.11 Å². The molecule has 4 aliphatic rings. The van der Waals surface area contributed by atoms with Crippen molar-refractivity contribution in [2.45, 2.75) is 56.2 Å². The number of hydrogen-bond acceptors (Lipinski definition) is 3. The Hall–Kier alpha value is -1.58. The number of rotatable bonds is 4. The van der Waals surface area contributed by atoms with Crippen LogP contribution < -0.4 is 10.1 Å². The van der Waals surface area contributed by atoms with Crippen LogP contribution >= 0.6 is 0 Å². The van der Waals surface area contributed by atoms with Gasteiger partial charge in [0.1, 0.15) is 5.75 Å². The molecule has 4 saturated carbocycles. The summed E-state index contributed by atoms with van der Waals surface area (Å²) >= 11 is 0. The number of ether oxygens (including phenoxy) is 1. The summed E-state index contributed by atoms with van der Waals surface area (Å²) in [4.78, 5) is 0. The fraction of sp³-hybridized carbons (Fsp3) is 0.545. The molecule has 0 heterocycles. The van der Waals surface area contributed by atoms with E-state index in [9.17, 15) is 5.11 Å². The maximum atomic E-state index is 11.0. The van der Waals surface area contributed by atoms with Gasteiger partial charge in [-0.3, -0.25) is 0 Å². The molecule has 0 radical (unpaired) electrons. The van der Waals surface area contributed by atoms with Gasteiger partial charge in [-0.1, -0.05) is 30.3 Å². The van der Waals surface area contributed by atoms with Crippen molar-refractivity contribution in [3.8, 4) is 5.75 Å². The van der Waals surface area contributed by atoms with Gasteiger partial charge in [0.15, 0.2) is 0 Å². The summed E-state index contributed by atoms with van der Waals surface area (Å²) in [6, 6.07) is 12.7. The maximum Gasteiger partial charge on any atom is 0.123 e. The van der Waals surface area contributed by atoms with Gasteiger partial charge in [0.05, 0.1) is 12.7 Å². The molecule has 0 aliphatic heterocycles. The van der Waals surface area contributed by atoms with Crippen LogP contribution in [0.4, 0.5) is 0 Å². The van der Waals surface area contributed by atoms with E-state index in [4.69, 9.17) is 4.74 Å². The van der Waals surface area contributed by atoms with Crippen molar-refractivity contribution >= 4 is 10.8 Å². The average molecular weight is 337 g/mol. The topological polar surface area (TPSA) is 41.5 Å². The molecule has 2 aromatic rings. The van der Waals surface area contributed by atoms with Crippen molar-refractivity contribution in [3.05, 3.63) is 42.0 Å². The van der Waals surface area contributed by atoms with Gasteiger partial charge in [-0.25, -0.2) is 0 Å². The highest BCUT2D eigenvalue weighted by molar-refractivity contribution is 5.87. The van der Waals surface area contributed by atoms with E-state index in [2.05, 4.69) is 41.7 Å². The normalized spacial score (nSPS) is 36.1. The van der Waals surface area contributed by atoms with Crippen LogP contribution in [-0.2, 0) is 6.54 Å². The minimum Gasteiger partial charge on any atom is -0.496 e. The highest BCUT2D eigenvalue weighted by Gasteiger charge is 2.56. The third-order valence-corrected chi connectivity index (χ3v) is 6.89. The summed E-state index contributed by atoms with van der Waals surface area (Å²) in [5.41, 5.74) is 0.934. The lowest BCUT2D eigenvalue weighted by molar-refractivity contribution is -0.142. The molecule has 6 rings (SSSR count). The van der Waals surface area contributed by atoms with Crippen molar-refractivity contribution in [1.82, 2.24) is 5.32 Å². The van der Waals surface area contributed by atoms with Crippen molar-refractivity contribution < 1.29 is 9.84 Å². The van der Waals surface area contributed by atoms with Gasteiger partial charge >= 0.3 is 0 Å². The summed E-state index contributed by atoms with van der Waals surface area (Å²) in [5.74, 6) is 2.36. The largest absolute Gasteiger partial charge is 0.496 e. The first-order valence-corrected chi connectivity index (χ1v) is 9.60. The Morgan fingerprint density at radius 1 is 1.08 bits per heavy atom. The molecule has 2 N–H and O–H groups in total. The number of benzene rings is 2. The Balaban J connectivity index is 1.46. The molecule has 2 aromatic carbocycles. The zero-order valence-electron chi connectivity index (χ0n) is 14.9. The van der Waals surface area contributed by atoms with Crippen LogP contribution in [0.15, 0.2) is 36.4 Å². The summed E-state index contributed by atoms with van der Waals surface area (Å²) in [6.07, 6.45) is 6.72. The van der Waals surface area contributed by atoms with Gasteiger partial charge in [0, 0.05) is 17.6 Å². The quantitative estimate of drug-likeness (QED) is 0.885. The molecule has 3 nitrogen and oxygen atoms in total. The molecular formula is C22H27NO2. The highest BCUT2D eigenvalue weighted by atomic mass is 16.5. The van der Waals surface area contributed by atoms with E-state index in [1.54, 1.807) is 7.11 Å². The number of hydrogen-bond donors (Lipinski definition) is 2. The van der Waals surface area contributed by atoms with Crippen LogP contribution in [0.2, 0.25) is 0 Å². The van der Waals surface area contributed by atoms with E-state index in [0.29, 0.717) is 11.8 Å². The number of fused-ring (bicyclic) bond motifs is 1. The SMILES string of the molecule is COc1ccc2ccccc2c1CNC12CC3CC(CC(O)(C3)C1)C2. The molecule has 4 fully saturated rings. The molecule has 4 bridgehead atoms. The van der Waals surface area contributed by atoms with Gasteiger partial charge in [0.2, 0.25) is 0 Å². The second-order valence-electron chi connectivity index (χ2n) is 8.79. The van der Waals surface area contributed by atoms with Crippen LogP contribution in [0.25, 0.3) is 10.8 Å². The summed E-state index contributed by atoms with van der Waals surface area (Å²) in [7, 11) is 1.75. The predicted molar refractivity (Wildman–Crippen MR) is 99.7 cm³/mol. The zero-order valence-corrected chi connectivity index (χ0v) is 14.9. The number of methoxy groups -OCH3 is 1. The lowest BCUT2D eigenvalue weighted by Gasteiger charge is -2.60. The first-order valence-electron chi connectivity index (χ1n) is 9.60. The summed E-state index contributed by atoms with van der Waals surface area (Å²) in [6.45, 7) is 0.806. The molecule has 132 valence electrons. The third-order valence-electron chi connectivity index (χ3n) is 6.89. The minimum absolute atomic E-state index is 0.112. The molecule has 2 unspecified atom stereocenters. The van der Waals surface area contributed by atoms with Gasteiger partial charge < -0.3 is 15.2 Å². The van der Waals surface area contributed by atoms with Crippen LogP contribution in [-0.4, -0.2) is 23.4 Å². The van der Waals surface area contributed by atoms with Gasteiger partial charge in [-0.15, -0.1) is 0 Å². The van der Waals surface area contributed by atoms with E-state index in [-0.39, 0.29) is 5.54 Å². The second kappa shape index (κ2) is 5.46. The molecule has 3 heteroatoms. The van der Waals surface area contributed by atoms with Crippen molar-refractivity contribution in [2.24, 2.45) is 11.8 Å². The summed E-state index contributed by atoms with van der Waals surface area (Å²) in [5, 5.41) is 17.4. The third kappa shape index (κ3) is 2.56. The van der Waals surface area contributed by atoms with E-state index < -0.39 is 5.60 Å². The molecule has 0 spiro atoms. The Bertz CT molecular complexity index is 801. The first kappa shape index (κ1) is 15.7. The van der Waals surface area contributed by atoms with Gasteiger partial charge in [-0.2, -0.15) is 0 Å². The standard InChI is InChI=1S/C22H27NO2/c1-25-20-7-6-17-4-2-3-5-18(17)19(20)13-23-21-9-15-8-16(10-21)12-22(24,11-15)14-21/h2-7,15-16,23-24H,8-14H2,1H3. The summed E-state index contributed by atoms with van der Waals surface area (Å²) < 4.78 is 5.66. The van der Waals surface area contributed by atoms with Crippen molar-refractivity contribution in [1.29, 1.82) is 0 Å². The lowest BCUT2D eigenvalue weighted by Crippen LogP contribution is -2.64. The van der Waals surface area contributed by atoms with E-state index >= 15 is 0 Å². The lowest BCUT2D eigenvalue weighted by atomic mass is 9.51. The molecule has 0 aromatic heterocycles. The predicted octanol–water partition coefficient (Wildman–Crippen LogP) is 4.02. The molecule has 0 amide bonds. The maximum absolute atomic E-state index is 11.0. The van der Waals surface area contributed by atoms with E-state index in [1.165, 1.54) is 35.6 Å². The Morgan fingerprint density at radius 2 is 1.84 bits per heavy atom. The highest BCUT2D eigenvalue weighted by Crippen LogP contribution is 2.57. The molecule has 0 saturated heterocycles. The van der Waals surface area contributed by atoms with Crippen LogP contribution in [0.5, 0.6) is 5.75 Å². The Labute approximate surface area is 149 Å². The Kier molecular flexibility index (Phi) is 3.42. The van der Waals surface area contributed by atoms with Crippen LogP contribution in [0, 0.1) is 11.8 Å². The van der Waals surface area contributed by atoms with Gasteiger partial charge in [0.25, 0.3) is 0 Å². The molecule has 25 heavy (non-hydrogen) atoms. The second-order valence-corrected chi connectivity index (χ2v) is 8.79. The molecule has 2 atom stereocenters. The van der Waals surface area contributed by atoms with Crippen LogP contribution in [0.3, 0.4) is 0 Å². The number of aliphatic hydroxyl groups is 1. The fourth-order valence-corrected chi connectivity index (χ4v) is 6.39. The monoisotopic (exact) mass is 337 g/mol. The number of nitrogens with one attached hydrogen (secondary N) is 1. The van der Waals surface area contributed by atoms with E-state index in [0.717, 1.165) is 31.6 Å². The zero-order chi connectivity index (χ0) is 17.1. The van der Waals surface area contributed by atoms with Crippen molar-refractivity contribution in [3.63, 3.8) is 0 Å². The Morgan fingerprint density at radius 3 is 2.56 bits per heavy atom. The average Bonchev–Trinajstić information content (AvgIpc) is 2.57. The molecule has 4 aliphatic carbocycles. The van der Waals surface area contributed by atoms with Gasteiger partial charge in [-0.05, 0) is 67.2 Å².